The molecule has 0 aromatic carbocycles. The van der Waals surface area contributed by atoms with Crippen LogP contribution in [0.4, 0.5) is 0 Å². The van der Waals surface area contributed by atoms with Gasteiger partial charge in [-0.1, -0.05) is 0 Å². The first kappa shape index (κ1) is 5.03. The van der Waals surface area contributed by atoms with Gasteiger partial charge in [0.1, 0.15) is 0 Å². The predicted molar refractivity (Wildman–Crippen MR) is 38.6 cm³/mol. The summed E-state index contributed by atoms with van der Waals surface area (Å²) in [5.74, 6) is 1.28. The summed E-state index contributed by atoms with van der Waals surface area (Å²) >= 11 is 2.35. The third kappa shape index (κ3) is 1.55. The van der Waals surface area contributed by atoms with Crippen molar-refractivity contribution in [3.05, 3.63) is 0 Å². The standard InChI is InChI=1S/C3H6INS/c1-2-6-3-4-5-1/h1-3H2. The molecule has 1 aliphatic rings. The molecule has 3 heteroatoms. The molecule has 0 N–H and O–H groups in total. The van der Waals surface area contributed by atoms with E-state index in [0.29, 0.717) is 21.0 Å². The molecule has 0 fully saturated rings. The average Bonchev–Trinajstić information content (AvgIpc) is 1.72. The van der Waals surface area contributed by atoms with Gasteiger partial charge >= 0.3 is 0 Å². The first-order valence-electron chi connectivity index (χ1n) is 1.83. The summed E-state index contributed by atoms with van der Waals surface area (Å²) < 4.78 is 5.63. The molecule has 0 unspecified atom stereocenters. The Balaban J connectivity index is 2.26. The van der Waals surface area contributed by atoms with Crippen LogP contribution in [0.15, 0.2) is 3.15 Å². The second-order valence-electron chi connectivity index (χ2n) is 0.980. The predicted octanol–water partition coefficient (Wildman–Crippen LogP) is 1.85. The summed E-state index contributed by atoms with van der Waals surface area (Å²) in [6, 6.07) is 0. The molecular weight excluding hydrogens is 209 g/mol. The van der Waals surface area contributed by atoms with E-state index in [9.17, 15) is 0 Å². The number of alkyl halides is 1. The summed E-state index contributed by atoms with van der Waals surface area (Å²) in [7, 11) is 0. The number of thioether (sulfide) groups is 1. The third-order valence-electron chi connectivity index (χ3n) is 0.531. The highest BCUT2D eigenvalue weighted by molar-refractivity contribution is 14.2. The zero-order valence-corrected chi connectivity index (χ0v) is 6.33. The maximum Gasteiger partial charge on any atom is 0.0571 e. The molecule has 36 valence electrons. The van der Waals surface area contributed by atoms with Crippen LogP contribution in [0.1, 0.15) is 0 Å². The molecule has 0 saturated carbocycles. The minimum absolute atomic E-state index is 0.303. The summed E-state index contributed by atoms with van der Waals surface area (Å²) in [6.07, 6.45) is 0. The molecular formula is C3H6INS. The SMILES string of the molecule is C1CSCI=N1. The Bertz CT molecular complexity index is 55.8. The number of nitrogens with zero attached hydrogens (tertiary/aromatic N) is 1. The van der Waals surface area contributed by atoms with E-state index in [4.69, 9.17) is 0 Å². The van der Waals surface area contributed by atoms with Crippen LogP contribution >= 0.6 is 32.8 Å². The number of hydrogen-bond acceptors (Lipinski definition) is 2. The van der Waals surface area contributed by atoms with Gasteiger partial charge < -0.3 is 0 Å². The van der Waals surface area contributed by atoms with Crippen molar-refractivity contribution in [2.75, 3.05) is 16.1 Å². The van der Waals surface area contributed by atoms with Crippen molar-refractivity contribution in [3.8, 4) is 0 Å². The molecule has 0 aromatic heterocycles. The zero-order chi connectivity index (χ0) is 4.24. The van der Waals surface area contributed by atoms with Crippen LogP contribution in [0.2, 0.25) is 0 Å². The molecule has 0 atom stereocenters. The van der Waals surface area contributed by atoms with E-state index in [2.05, 4.69) is 14.9 Å². The monoisotopic (exact) mass is 215 g/mol. The van der Waals surface area contributed by atoms with Crippen molar-refractivity contribution in [1.82, 2.24) is 0 Å². The second kappa shape index (κ2) is 2.96. The maximum atomic E-state index is 4.27. The fraction of sp³-hybridized carbons (Fsp3) is 1.00. The first-order chi connectivity index (χ1) is 3.00. The molecule has 1 aliphatic heterocycles. The van der Waals surface area contributed by atoms with Gasteiger partial charge in [-0.2, -0.15) is 0 Å². The fourth-order valence-electron chi connectivity index (χ4n) is 0.282. The van der Waals surface area contributed by atoms with Gasteiger partial charge in [0.05, 0.1) is 10.3 Å². The van der Waals surface area contributed by atoms with Crippen LogP contribution < -0.4 is 0 Å². The maximum absolute atomic E-state index is 4.27. The van der Waals surface area contributed by atoms with Gasteiger partial charge in [0.25, 0.3) is 0 Å². The van der Waals surface area contributed by atoms with Crippen LogP contribution in [0.3, 0.4) is 0 Å². The van der Waals surface area contributed by atoms with Crippen molar-refractivity contribution in [2.24, 2.45) is 3.15 Å². The Morgan fingerprint density at radius 1 is 1.67 bits per heavy atom. The smallest absolute Gasteiger partial charge is 0.0571 e. The molecule has 0 radical (unpaired) electrons. The quantitative estimate of drug-likeness (QED) is 0.443. The van der Waals surface area contributed by atoms with Crippen molar-refractivity contribution in [1.29, 1.82) is 0 Å². The molecule has 0 saturated heterocycles. The lowest BCUT2D eigenvalue weighted by atomic mass is 10.8. The van der Waals surface area contributed by atoms with Gasteiger partial charge in [0.15, 0.2) is 0 Å². The van der Waals surface area contributed by atoms with Gasteiger partial charge in [-0.15, -0.1) is 11.8 Å². The molecule has 1 nitrogen and oxygen atoms in total. The molecule has 0 aromatic rings. The highest BCUT2D eigenvalue weighted by atomic mass is 127. The van der Waals surface area contributed by atoms with Crippen molar-refractivity contribution in [3.63, 3.8) is 0 Å². The highest BCUT2D eigenvalue weighted by Crippen LogP contribution is 2.16. The molecule has 1 heterocycles. The van der Waals surface area contributed by atoms with Crippen molar-refractivity contribution < 1.29 is 0 Å². The molecule has 0 amide bonds. The topological polar surface area (TPSA) is 12.4 Å². The van der Waals surface area contributed by atoms with E-state index >= 15 is 0 Å². The lowest BCUT2D eigenvalue weighted by Crippen LogP contribution is -1.85. The van der Waals surface area contributed by atoms with Gasteiger partial charge in [-0.3, -0.25) is 3.15 Å². The second-order valence-corrected chi connectivity index (χ2v) is 5.25. The first-order valence-corrected chi connectivity index (χ1v) is 5.48. The Hall–Kier alpha value is 0.880. The van der Waals surface area contributed by atoms with E-state index in [1.54, 1.807) is 0 Å². The van der Waals surface area contributed by atoms with E-state index in [0.717, 1.165) is 6.54 Å². The summed E-state index contributed by atoms with van der Waals surface area (Å²) in [5, 5.41) is 0. The normalized spacial score (nSPS) is 22.7. The largest absolute Gasteiger partial charge is 0.261 e. The lowest BCUT2D eigenvalue weighted by Gasteiger charge is -1.96. The van der Waals surface area contributed by atoms with Gasteiger partial charge in [0.2, 0.25) is 0 Å². The van der Waals surface area contributed by atoms with E-state index in [1.807, 2.05) is 0 Å². The molecule has 6 heavy (non-hydrogen) atoms. The van der Waals surface area contributed by atoms with Gasteiger partial charge in [-0.25, -0.2) is 0 Å². The van der Waals surface area contributed by atoms with Crippen LogP contribution in [0, 0.1) is 0 Å². The van der Waals surface area contributed by atoms with Crippen molar-refractivity contribution in [2.45, 2.75) is 0 Å². The van der Waals surface area contributed by atoms with E-state index in [1.165, 1.54) is 9.51 Å². The molecule has 0 bridgehead atoms. The lowest BCUT2D eigenvalue weighted by molar-refractivity contribution is 1.19. The van der Waals surface area contributed by atoms with Crippen molar-refractivity contribution >= 4 is 32.8 Å². The van der Waals surface area contributed by atoms with Crippen LogP contribution in [-0.2, 0) is 0 Å². The Kier molecular flexibility index (Phi) is 2.48. The Labute approximate surface area is 52.0 Å². The Morgan fingerprint density at radius 3 is 2.83 bits per heavy atom. The summed E-state index contributed by atoms with van der Waals surface area (Å²) in [6.45, 7) is 1.14. The number of hydrogen-bond donors (Lipinski definition) is 0. The van der Waals surface area contributed by atoms with Gasteiger partial charge in [-0.05, 0) is 21.0 Å². The molecule has 0 spiro atoms. The summed E-state index contributed by atoms with van der Waals surface area (Å²) in [5.41, 5.74) is 0. The minimum Gasteiger partial charge on any atom is -0.261 e. The van der Waals surface area contributed by atoms with Crippen LogP contribution in [0.25, 0.3) is 0 Å². The van der Waals surface area contributed by atoms with Gasteiger partial charge in [0, 0.05) is 5.75 Å². The fourth-order valence-corrected chi connectivity index (χ4v) is 3.78. The minimum atomic E-state index is 0.303. The molecule has 0 aliphatic carbocycles. The van der Waals surface area contributed by atoms with Crippen LogP contribution in [0.5, 0.6) is 0 Å². The van der Waals surface area contributed by atoms with E-state index < -0.39 is 0 Å². The Morgan fingerprint density at radius 2 is 2.67 bits per heavy atom. The number of halogens is 1. The highest BCUT2D eigenvalue weighted by Gasteiger charge is 1.88. The summed E-state index contributed by atoms with van der Waals surface area (Å²) in [4.78, 5) is 0. The van der Waals surface area contributed by atoms with Crippen LogP contribution in [-0.4, -0.2) is 16.1 Å². The zero-order valence-electron chi connectivity index (χ0n) is 3.35. The third-order valence-corrected chi connectivity index (χ3v) is 4.38. The average molecular weight is 215 g/mol. The van der Waals surface area contributed by atoms with E-state index in [-0.39, 0.29) is 0 Å². The molecule has 1 rings (SSSR count). The number of rotatable bonds is 0.